The molecule has 0 aliphatic rings. The van der Waals surface area contributed by atoms with Gasteiger partial charge in [-0.05, 0) is 61.2 Å². The average Bonchev–Trinajstić information content (AvgIpc) is 2.98. The van der Waals surface area contributed by atoms with Gasteiger partial charge in [-0.2, -0.15) is 0 Å². The van der Waals surface area contributed by atoms with E-state index in [9.17, 15) is 14.7 Å². The largest absolute Gasteiger partial charge is 0.491 e. The Morgan fingerprint density at radius 1 is 0.875 bits per heavy atom. The van der Waals surface area contributed by atoms with E-state index in [0.717, 1.165) is 29.7 Å². The first-order valence-electron chi connectivity index (χ1n) is 13.4. The second-order valence-electron chi connectivity index (χ2n) is 9.52. The summed E-state index contributed by atoms with van der Waals surface area (Å²) in [6.45, 7) is 3.57. The van der Waals surface area contributed by atoms with E-state index in [2.05, 4.69) is 16.4 Å². The summed E-state index contributed by atoms with van der Waals surface area (Å²) in [7, 11) is 0. The molecule has 0 saturated heterocycles. The number of aryl methyl sites for hydroxylation is 2. The summed E-state index contributed by atoms with van der Waals surface area (Å²) in [5.41, 5.74) is 4.51. The van der Waals surface area contributed by atoms with Crippen molar-refractivity contribution in [2.45, 2.75) is 32.2 Å². The van der Waals surface area contributed by atoms with Gasteiger partial charge in [-0.1, -0.05) is 60.7 Å². The molecule has 0 spiro atoms. The summed E-state index contributed by atoms with van der Waals surface area (Å²) >= 11 is 0. The number of carbonyl (C=O) groups excluding carboxylic acids is 1. The third-order valence-corrected chi connectivity index (χ3v) is 6.39. The van der Waals surface area contributed by atoms with E-state index >= 15 is 0 Å². The molecule has 1 unspecified atom stereocenters. The average molecular weight is 539 g/mol. The molecule has 0 saturated carbocycles. The quantitative estimate of drug-likeness (QED) is 0.147. The molecule has 1 aromatic heterocycles. The lowest BCUT2D eigenvalue weighted by molar-refractivity contribution is -0.137. The highest BCUT2D eigenvalue weighted by Crippen LogP contribution is 2.22. The van der Waals surface area contributed by atoms with Gasteiger partial charge in [0.2, 0.25) is 0 Å². The van der Waals surface area contributed by atoms with Crippen LogP contribution in [0.2, 0.25) is 0 Å². The zero-order valence-electron chi connectivity index (χ0n) is 22.6. The number of para-hydroxylation sites is 1. The molecule has 40 heavy (non-hydrogen) atoms. The van der Waals surface area contributed by atoms with Crippen LogP contribution in [0, 0.1) is 6.92 Å². The van der Waals surface area contributed by atoms with Crippen LogP contribution in [0.1, 0.15) is 39.2 Å². The number of aliphatic carboxylic acids is 1. The molecule has 0 radical (unpaired) electrons. The van der Waals surface area contributed by atoms with Crippen LogP contribution < -0.4 is 10.1 Å². The molecule has 7 heteroatoms. The number of anilines is 1. The van der Waals surface area contributed by atoms with Gasteiger partial charge in [0.05, 0.1) is 6.61 Å². The highest BCUT2D eigenvalue weighted by atomic mass is 16.5. The number of carboxylic acid groups (broad SMARTS) is 1. The molecule has 0 bridgehead atoms. The summed E-state index contributed by atoms with van der Waals surface area (Å²) in [4.78, 5) is 29.5. The molecule has 7 nitrogen and oxygen atoms in total. The number of nitrogens with one attached hydrogen (secondary N) is 1. The number of ketones is 1. The lowest BCUT2D eigenvalue weighted by Crippen LogP contribution is -2.32. The van der Waals surface area contributed by atoms with Crippen LogP contribution in [0.4, 0.5) is 5.69 Å². The van der Waals surface area contributed by atoms with Crippen molar-refractivity contribution in [1.29, 1.82) is 0 Å². The third-order valence-electron chi connectivity index (χ3n) is 6.39. The minimum absolute atomic E-state index is 0.165. The topological polar surface area (TPSA) is 97.8 Å². The number of carboxylic acids is 1. The van der Waals surface area contributed by atoms with E-state index in [1.54, 1.807) is 48.5 Å². The Bertz CT molecular complexity index is 1370. The van der Waals surface area contributed by atoms with Crippen LogP contribution in [0.3, 0.4) is 0 Å². The molecular formula is C33H34N2O5. The number of carbonyl (C=O) groups is 2. The Morgan fingerprint density at radius 3 is 2.35 bits per heavy atom. The summed E-state index contributed by atoms with van der Waals surface area (Å²) < 4.78 is 11.4. The van der Waals surface area contributed by atoms with Crippen LogP contribution in [0.15, 0.2) is 97.2 Å². The predicted octanol–water partition coefficient (Wildman–Crippen LogP) is 5.76. The van der Waals surface area contributed by atoms with Crippen LogP contribution in [0.5, 0.6) is 5.75 Å². The summed E-state index contributed by atoms with van der Waals surface area (Å²) in [5.74, 6) is -0.478. The maximum absolute atomic E-state index is 13.0. The molecule has 0 aliphatic heterocycles. The van der Waals surface area contributed by atoms with Crippen molar-refractivity contribution in [1.82, 2.24) is 4.98 Å². The first-order chi connectivity index (χ1) is 19.5. The molecular weight excluding hydrogens is 504 g/mol. The second kappa shape index (κ2) is 14.6. The Balaban J connectivity index is 1.24. The Labute approximate surface area is 234 Å². The Morgan fingerprint density at radius 2 is 1.62 bits per heavy atom. The highest BCUT2D eigenvalue weighted by molar-refractivity contribution is 6.12. The number of pyridine rings is 1. The molecule has 0 fully saturated rings. The van der Waals surface area contributed by atoms with Crippen molar-refractivity contribution in [3.05, 3.63) is 125 Å². The minimum Gasteiger partial charge on any atom is -0.491 e. The second-order valence-corrected chi connectivity index (χ2v) is 9.52. The Kier molecular flexibility index (Phi) is 10.4. The van der Waals surface area contributed by atoms with Gasteiger partial charge in [0.25, 0.3) is 0 Å². The molecule has 0 amide bonds. The minimum atomic E-state index is -1.00. The number of hydrogen-bond donors (Lipinski definition) is 2. The zero-order chi connectivity index (χ0) is 28.2. The monoisotopic (exact) mass is 538 g/mol. The molecule has 0 aliphatic carbocycles. The first-order valence-corrected chi connectivity index (χ1v) is 13.4. The van der Waals surface area contributed by atoms with Gasteiger partial charge in [-0.15, -0.1) is 0 Å². The van der Waals surface area contributed by atoms with Gasteiger partial charge in [0.1, 0.15) is 18.4 Å². The van der Waals surface area contributed by atoms with Crippen LogP contribution >= 0.6 is 0 Å². The summed E-state index contributed by atoms with van der Waals surface area (Å²) in [6, 6.07) is 26.5. The summed E-state index contributed by atoms with van der Waals surface area (Å²) in [5, 5.41) is 12.9. The van der Waals surface area contributed by atoms with E-state index in [1.165, 1.54) is 0 Å². The molecule has 3 aromatic carbocycles. The van der Waals surface area contributed by atoms with E-state index in [-0.39, 0.29) is 12.2 Å². The number of nitrogens with zero attached hydrogens (tertiary/aromatic N) is 1. The van der Waals surface area contributed by atoms with Crippen molar-refractivity contribution in [3.63, 3.8) is 0 Å². The fourth-order valence-electron chi connectivity index (χ4n) is 4.22. The van der Waals surface area contributed by atoms with Crippen molar-refractivity contribution >= 4 is 17.4 Å². The zero-order valence-corrected chi connectivity index (χ0v) is 22.6. The van der Waals surface area contributed by atoms with Gasteiger partial charge in [0.15, 0.2) is 5.78 Å². The number of hydrogen-bond acceptors (Lipinski definition) is 6. The maximum Gasteiger partial charge on any atom is 0.326 e. The molecule has 1 atom stereocenters. The highest BCUT2D eigenvalue weighted by Gasteiger charge is 2.21. The number of aromatic nitrogens is 1. The lowest BCUT2D eigenvalue weighted by atomic mass is 10.00. The van der Waals surface area contributed by atoms with Crippen molar-refractivity contribution in [2.24, 2.45) is 0 Å². The smallest absolute Gasteiger partial charge is 0.326 e. The fraction of sp³-hybridized carbons (Fsp3) is 0.242. The third kappa shape index (κ3) is 8.51. The van der Waals surface area contributed by atoms with Crippen molar-refractivity contribution < 1.29 is 24.2 Å². The maximum atomic E-state index is 13.0. The van der Waals surface area contributed by atoms with E-state index < -0.39 is 12.0 Å². The molecule has 206 valence electrons. The number of benzene rings is 3. The van der Waals surface area contributed by atoms with E-state index in [4.69, 9.17) is 9.47 Å². The van der Waals surface area contributed by atoms with Crippen LogP contribution in [-0.4, -0.2) is 47.7 Å². The molecule has 4 rings (SSSR count). The molecule has 1 heterocycles. The summed E-state index contributed by atoms with van der Waals surface area (Å²) in [6.07, 6.45) is 3.89. The van der Waals surface area contributed by atoms with E-state index in [1.807, 2.05) is 49.5 Å². The number of ether oxygens (including phenoxy) is 2. The lowest BCUT2D eigenvalue weighted by Gasteiger charge is -2.18. The number of rotatable bonds is 15. The SMILES string of the molecule is Cc1ccc(CCCOCCOc2ccc(CC(Nc3ccccc3C(=O)c3ccccc3)C(=O)O)cc2)nc1. The fourth-order valence-corrected chi connectivity index (χ4v) is 4.22. The van der Waals surface area contributed by atoms with Crippen molar-refractivity contribution in [2.75, 3.05) is 25.1 Å². The van der Waals surface area contributed by atoms with Gasteiger partial charge in [-0.25, -0.2) is 4.79 Å². The van der Waals surface area contributed by atoms with Crippen LogP contribution in [0.25, 0.3) is 0 Å². The van der Waals surface area contributed by atoms with Crippen LogP contribution in [-0.2, 0) is 22.4 Å². The van der Waals surface area contributed by atoms with Gasteiger partial charge < -0.3 is 19.9 Å². The normalized spacial score (nSPS) is 11.5. The predicted molar refractivity (Wildman–Crippen MR) is 155 cm³/mol. The first kappa shape index (κ1) is 28.5. The standard InChI is InChI=1S/C33H34N2O5/c1-24-13-16-27(34-23-24)10-7-19-39-20-21-40-28-17-14-25(15-18-28)22-31(33(37)38)35-30-12-6-5-11-29(30)32(36)26-8-3-2-4-9-26/h2-6,8-9,11-18,23,31,35H,7,10,19-22H2,1H3,(H,37,38). The van der Waals surface area contributed by atoms with Crippen molar-refractivity contribution in [3.8, 4) is 5.75 Å². The van der Waals surface area contributed by atoms with Gasteiger partial charge in [-0.3, -0.25) is 9.78 Å². The van der Waals surface area contributed by atoms with E-state index in [0.29, 0.717) is 42.4 Å². The Hall–Kier alpha value is -4.49. The van der Waals surface area contributed by atoms with Gasteiger partial charge in [0, 0.05) is 41.7 Å². The van der Waals surface area contributed by atoms with Gasteiger partial charge >= 0.3 is 5.97 Å². The molecule has 4 aromatic rings. The molecule has 2 N–H and O–H groups in total.